The SMILES string of the molecule is Cc1cc2ncnn2cc1Nc1ncc2c(n1)c(C1CCS(C)(O)C1)nn2C. The van der Waals surface area contributed by atoms with Gasteiger partial charge in [-0.1, -0.05) is 0 Å². The second-order valence-corrected chi connectivity index (χ2v) is 10.8. The molecule has 2 unspecified atom stereocenters. The monoisotopic (exact) mass is 398 g/mol. The van der Waals surface area contributed by atoms with E-state index in [4.69, 9.17) is 10.1 Å². The van der Waals surface area contributed by atoms with Crippen molar-refractivity contribution in [3.63, 3.8) is 0 Å². The molecule has 2 N–H and O–H groups in total. The number of hydrogen-bond acceptors (Lipinski definition) is 7. The Balaban J connectivity index is 1.53. The highest BCUT2D eigenvalue weighted by molar-refractivity contribution is 8.28. The summed E-state index contributed by atoms with van der Waals surface area (Å²) >= 11 is 0. The summed E-state index contributed by atoms with van der Waals surface area (Å²) in [6.45, 7) is 2.01. The Morgan fingerprint density at radius 1 is 1.32 bits per heavy atom. The van der Waals surface area contributed by atoms with Crippen molar-refractivity contribution >= 4 is 38.6 Å². The summed E-state index contributed by atoms with van der Waals surface area (Å²) in [5.41, 5.74) is 5.40. The Bertz CT molecular complexity index is 1200. The first kappa shape index (κ1) is 17.4. The molecule has 9 nitrogen and oxygen atoms in total. The largest absolute Gasteiger partial charge is 0.352 e. The van der Waals surface area contributed by atoms with E-state index in [1.54, 1.807) is 10.7 Å². The first-order chi connectivity index (χ1) is 13.4. The number of rotatable bonds is 3. The predicted octanol–water partition coefficient (Wildman–Crippen LogP) is 2.85. The topological polar surface area (TPSA) is 106 Å². The maximum absolute atomic E-state index is 10.4. The van der Waals surface area contributed by atoms with Gasteiger partial charge in [-0.2, -0.15) is 10.2 Å². The molecule has 10 heteroatoms. The number of pyridine rings is 1. The maximum Gasteiger partial charge on any atom is 0.227 e. The van der Waals surface area contributed by atoms with Gasteiger partial charge in [-0.15, -0.1) is 10.3 Å². The van der Waals surface area contributed by atoms with Crippen molar-refractivity contribution in [3.05, 3.63) is 36.0 Å². The molecule has 5 rings (SSSR count). The van der Waals surface area contributed by atoms with Gasteiger partial charge in [0.1, 0.15) is 17.4 Å². The van der Waals surface area contributed by atoms with E-state index in [9.17, 15) is 4.55 Å². The van der Waals surface area contributed by atoms with Gasteiger partial charge in [0.05, 0.1) is 23.8 Å². The van der Waals surface area contributed by atoms with Crippen molar-refractivity contribution in [1.82, 2.24) is 34.3 Å². The van der Waals surface area contributed by atoms with E-state index in [1.165, 1.54) is 6.33 Å². The van der Waals surface area contributed by atoms with Gasteiger partial charge in [0.15, 0.2) is 5.65 Å². The van der Waals surface area contributed by atoms with Gasteiger partial charge in [-0.3, -0.25) is 4.68 Å². The van der Waals surface area contributed by atoms with Crippen LogP contribution < -0.4 is 5.32 Å². The third kappa shape index (κ3) is 2.89. The van der Waals surface area contributed by atoms with Crippen molar-refractivity contribution in [2.24, 2.45) is 7.05 Å². The van der Waals surface area contributed by atoms with E-state index in [-0.39, 0.29) is 5.92 Å². The van der Waals surface area contributed by atoms with Crippen LogP contribution in [0.2, 0.25) is 0 Å². The number of hydrogen-bond donors (Lipinski definition) is 2. The number of aromatic nitrogens is 7. The van der Waals surface area contributed by atoms with Crippen LogP contribution in [0.4, 0.5) is 11.6 Å². The lowest BCUT2D eigenvalue weighted by atomic mass is 10.0. The second kappa shape index (κ2) is 6.14. The quantitative estimate of drug-likeness (QED) is 0.546. The van der Waals surface area contributed by atoms with Gasteiger partial charge >= 0.3 is 0 Å². The molecule has 0 amide bonds. The van der Waals surface area contributed by atoms with E-state index in [0.717, 1.165) is 51.6 Å². The number of fused-ring (bicyclic) bond motifs is 2. The van der Waals surface area contributed by atoms with E-state index in [0.29, 0.717) is 5.95 Å². The number of nitrogens with one attached hydrogen (secondary N) is 1. The molecule has 1 aliphatic heterocycles. The van der Waals surface area contributed by atoms with E-state index in [1.807, 2.05) is 37.2 Å². The molecule has 1 fully saturated rings. The minimum absolute atomic E-state index is 0.240. The lowest BCUT2D eigenvalue weighted by Gasteiger charge is -2.21. The van der Waals surface area contributed by atoms with Crippen LogP contribution in [-0.2, 0) is 7.05 Å². The molecule has 4 aromatic rings. The minimum atomic E-state index is -1.51. The molecule has 0 aromatic carbocycles. The molecule has 146 valence electrons. The van der Waals surface area contributed by atoms with Crippen molar-refractivity contribution in [1.29, 1.82) is 0 Å². The fourth-order valence-electron chi connectivity index (χ4n) is 3.82. The fraction of sp³-hybridized carbons (Fsp3) is 0.389. The Kier molecular flexibility index (Phi) is 3.81. The fourth-order valence-corrected chi connectivity index (χ4v) is 5.97. The summed E-state index contributed by atoms with van der Waals surface area (Å²) in [6, 6.07) is 1.97. The van der Waals surface area contributed by atoms with Gasteiger partial charge in [-0.25, -0.2) is 19.5 Å². The average Bonchev–Trinajstić information content (AvgIpc) is 3.33. The number of nitrogens with zero attached hydrogens (tertiary/aromatic N) is 7. The first-order valence-electron chi connectivity index (χ1n) is 9.12. The summed E-state index contributed by atoms with van der Waals surface area (Å²) < 4.78 is 14.0. The van der Waals surface area contributed by atoms with Crippen LogP contribution in [0, 0.1) is 6.92 Å². The van der Waals surface area contributed by atoms with E-state index < -0.39 is 10.3 Å². The zero-order valence-corrected chi connectivity index (χ0v) is 16.8. The zero-order chi connectivity index (χ0) is 19.5. The van der Waals surface area contributed by atoms with Crippen molar-refractivity contribution in [2.45, 2.75) is 19.3 Å². The van der Waals surface area contributed by atoms with Crippen molar-refractivity contribution < 1.29 is 4.55 Å². The molecule has 0 bridgehead atoms. The van der Waals surface area contributed by atoms with Gasteiger partial charge in [-0.05, 0) is 37.0 Å². The molecule has 4 aromatic heterocycles. The van der Waals surface area contributed by atoms with Gasteiger partial charge in [0.2, 0.25) is 5.95 Å². The van der Waals surface area contributed by atoms with Crippen LogP contribution >= 0.6 is 10.3 Å². The smallest absolute Gasteiger partial charge is 0.227 e. The molecule has 0 aliphatic carbocycles. The van der Waals surface area contributed by atoms with Crippen LogP contribution in [-0.4, -0.2) is 56.7 Å². The van der Waals surface area contributed by atoms with Crippen LogP contribution in [0.25, 0.3) is 16.7 Å². The normalized spacial score (nSPS) is 24.6. The lowest BCUT2D eigenvalue weighted by Crippen LogP contribution is -2.04. The molecular formula is C18H22N8OS. The van der Waals surface area contributed by atoms with E-state index >= 15 is 0 Å². The minimum Gasteiger partial charge on any atom is -0.352 e. The standard InChI is InChI=1S/C18H22N8OS/c1-11-6-15-20-10-21-26(15)8-13(11)22-18-19-7-14-17(23-18)16(24-25(14)2)12-4-5-28(3,27)9-12/h6-8,10,12,27H,4-5,9H2,1-3H3,(H,19,22,23). The molecule has 2 atom stereocenters. The predicted molar refractivity (Wildman–Crippen MR) is 111 cm³/mol. The Morgan fingerprint density at radius 3 is 2.96 bits per heavy atom. The molecule has 1 saturated heterocycles. The molecule has 1 aliphatic rings. The molecular weight excluding hydrogens is 376 g/mol. The highest BCUT2D eigenvalue weighted by Crippen LogP contribution is 2.52. The van der Waals surface area contributed by atoms with Gasteiger partial charge in [0, 0.05) is 18.7 Å². The van der Waals surface area contributed by atoms with Crippen LogP contribution in [0.1, 0.15) is 23.6 Å². The third-order valence-electron chi connectivity index (χ3n) is 5.34. The number of anilines is 2. The van der Waals surface area contributed by atoms with Gasteiger partial charge in [0.25, 0.3) is 0 Å². The summed E-state index contributed by atoms with van der Waals surface area (Å²) in [6.07, 6.45) is 8.13. The first-order valence-corrected chi connectivity index (χ1v) is 11.5. The summed E-state index contributed by atoms with van der Waals surface area (Å²) in [4.78, 5) is 13.4. The van der Waals surface area contributed by atoms with Crippen LogP contribution in [0.15, 0.2) is 24.8 Å². The average molecular weight is 398 g/mol. The summed E-state index contributed by atoms with van der Waals surface area (Å²) in [7, 11) is 0.401. The lowest BCUT2D eigenvalue weighted by molar-refractivity contribution is 0.636. The van der Waals surface area contributed by atoms with Crippen LogP contribution in [0.5, 0.6) is 0 Å². The van der Waals surface area contributed by atoms with E-state index in [2.05, 4.69) is 20.4 Å². The third-order valence-corrected chi connectivity index (χ3v) is 7.58. The highest BCUT2D eigenvalue weighted by atomic mass is 32.3. The summed E-state index contributed by atoms with van der Waals surface area (Å²) in [5.74, 6) is 2.41. The zero-order valence-electron chi connectivity index (χ0n) is 16.0. The highest BCUT2D eigenvalue weighted by Gasteiger charge is 2.33. The summed E-state index contributed by atoms with van der Waals surface area (Å²) in [5, 5.41) is 12.2. The van der Waals surface area contributed by atoms with Crippen molar-refractivity contribution in [3.8, 4) is 0 Å². The Hall–Kier alpha value is -2.72. The second-order valence-electron chi connectivity index (χ2n) is 7.57. The van der Waals surface area contributed by atoms with Crippen molar-refractivity contribution in [2.75, 3.05) is 23.1 Å². The molecule has 0 saturated carbocycles. The molecule has 0 spiro atoms. The number of aryl methyl sites for hydroxylation is 2. The Labute approximate surface area is 163 Å². The molecule has 0 radical (unpaired) electrons. The van der Waals surface area contributed by atoms with Crippen LogP contribution in [0.3, 0.4) is 0 Å². The maximum atomic E-state index is 10.4. The molecule has 5 heterocycles. The molecule has 28 heavy (non-hydrogen) atoms. The van der Waals surface area contributed by atoms with Gasteiger partial charge < -0.3 is 9.87 Å². The Morgan fingerprint density at radius 2 is 2.18 bits per heavy atom.